The van der Waals surface area contributed by atoms with Crippen LogP contribution in [0.5, 0.6) is 17.2 Å². The van der Waals surface area contributed by atoms with Crippen LogP contribution in [0.1, 0.15) is 16.8 Å². The topological polar surface area (TPSA) is 77.1 Å². The number of likely N-dealkylation sites (N-methyl/N-ethyl adjacent to an activating group) is 1. The number of fused-ring (bicyclic) bond motifs is 1. The molecule has 0 radical (unpaired) electrons. The average Bonchev–Trinajstić information content (AvgIpc) is 2.71. The molecule has 2 aromatic rings. The van der Waals surface area contributed by atoms with Crippen molar-refractivity contribution in [2.45, 2.75) is 12.5 Å². The lowest BCUT2D eigenvalue weighted by Crippen LogP contribution is -2.45. The zero-order chi connectivity index (χ0) is 19.4. The summed E-state index contributed by atoms with van der Waals surface area (Å²) >= 11 is 0. The van der Waals surface area contributed by atoms with E-state index >= 15 is 0 Å². The zero-order valence-electron chi connectivity index (χ0n) is 15.5. The number of nitrogens with zero attached hydrogens (tertiary/aromatic N) is 1. The van der Waals surface area contributed by atoms with Crippen LogP contribution in [0.25, 0.3) is 0 Å². The van der Waals surface area contributed by atoms with Crippen LogP contribution in [0.4, 0.5) is 5.69 Å². The largest absolute Gasteiger partial charge is 0.497 e. The third-order valence-electron chi connectivity index (χ3n) is 4.41. The molecule has 1 atom stereocenters. The van der Waals surface area contributed by atoms with E-state index in [2.05, 4.69) is 5.32 Å². The fourth-order valence-corrected chi connectivity index (χ4v) is 2.91. The number of rotatable bonds is 6. The van der Waals surface area contributed by atoms with E-state index < -0.39 is 6.10 Å². The lowest BCUT2D eigenvalue weighted by molar-refractivity contribution is -0.126. The SMILES string of the molecule is COc1cc(OC)cc(C(=O)NCCC2Oc3ccccc3N(C)C2=O)c1. The van der Waals surface area contributed by atoms with Crippen LogP contribution in [-0.4, -0.2) is 45.7 Å². The highest BCUT2D eigenvalue weighted by Gasteiger charge is 2.31. The molecule has 7 nitrogen and oxygen atoms in total. The molecule has 2 aromatic carbocycles. The minimum absolute atomic E-state index is 0.133. The molecule has 0 saturated carbocycles. The predicted octanol–water partition coefficient (Wildman–Crippen LogP) is 2.25. The number of nitrogens with one attached hydrogen (secondary N) is 1. The van der Waals surface area contributed by atoms with Crippen LogP contribution >= 0.6 is 0 Å². The van der Waals surface area contributed by atoms with Crippen LogP contribution in [0.3, 0.4) is 0 Å². The third-order valence-corrected chi connectivity index (χ3v) is 4.41. The number of para-hydroxylation sites is 2. The smallest absolute Gasteiger partial charge is 0.267 e. The summed E-state index contributed by atoms with van der Waals surface area (Å²) in [7, 11) is 4.77. The molecular formula is C20H22N2O5. The molecule has 1 unspecified atom stereocenters. The first-order valence-corrected chi connectivity index (χ1v) is 8.58. The molecule has 2 amide bonds. The number of methoxy groups -OCH3 is 2. The zero-order valence-corrected chi connectivity index (χ0v) is 15.5. The Labute approximate surface area is 157 Å². The molecule has 142 valence electrons. The van der Waals surface area contributed by atoms with Gasteiger partial charge in [0.1, 0.15) is 17.2 Å². The van der Waals surface area contributed by atoms with Crippen molar-refractivity contribution in [3.8, 4) is 17.2 Å². The number of hydrogen-bond acceptors (Lipinski definition) is 5. The number of carbonyl (C=O) groups excluding carboxylic acids is 2. The fourth-order valence-electron chi connectivity index (χ4n) is 2.91. The van der Waals surface area contributed by atoms with Crippen LogP contribution in [0.15, 0.2) is 42.5 Å². The Morgan fingerprint density at radius 2 is 1.81 bits per heavy atom. The van der Waals surface area contributed by atoms with E-state index in [-0.39, 0.29) is 11.8 Å². The van der Waals surface area contributed by atoms with E-state index in [4.69, 9.17) is 14.2 Å². The van der Waals surface area contributed by atoms with Crippen LogP contribution < -0.4 is 24.4 Å². The van der Waals surface area contributed by atoms with Crippen molar-refractivity contribution < 1.29 is 23.8 Å². The van der Waals surface area contributed by atoms with Crippen molar-refractivity contribution in [3.05, 3.63) is 48.0 Å². The maximum absolute atomic E-state index is 12.5. The second-order valence-corrected chi connectivity index (χ2v) is 6.12. The van der Waals surface area contributed by atoms with E-state index in [1.165, 1.54) is 14.2 Å². The van der Waals surface area contributed by atoms with Crippen LogP contribution in [0.2, 0.25) is 0 Å². The lowest BCUT2D eigenvalue weighted by Gasteiger charge is -2.31. The van der Waals surface area contributed by atoms with Gasteiger partial charge >= 0.3 is 0 Å². The van der Waals surface area contributed by atoms with E-state index in [0.717, 1.165) is 5.69 Å². The molecule has 0 saturated heterocycles. The van der Waals surface area contributed by atoms with Crippen molar-refractivity contribution in [2.75, 3.05) is 32.7 Å². The van der Waals surface area contributed by atoms with Crippen LogP contribution in [-0.2, 0) is 4.79 Å². The number of ether oxygens (including phenoxy) is 3. The van der Waals surface area contributed by atoms with Crippen molar-refractivity contribution in [1.82, 2.24) is 5.32 Å². The summed E-state index contributed by atoms with van der Waals surface area (Å²) < 4.78 is 16.1. The quantitative estimate of drug-likeness (QED) is 0.844. The summed E-state index contributed by atoms with van der Waals surface area (Å²) in [5.41, 5.74) is 1.16. The molecular weight excluding hydrogens is 348 g/mol. The van der Waals surface area contributed by atoms with Gasteiger partial charge in [-0.1, -0.05) is 12.1 Å². The monoisotopic (exact) mass is 370 g/mol. The van der Waals surface area contributed by atoms with Gasteiger partial charge in [0.2, 0.25) is 0 Å². The van der Waals surface area contributed by atoms with Gasteiger partial charge in [-0.3, -0.25) is 9.59 Å². The summed E-state index contributed by atoms with van der Waals surface area (Å²) in [6.45, 7) is 0.296. The molecule has 1 heterocycles. The first kappa shape index (κ1) is 18.6. The number of benzene rings is 2. The molecule has 0 spiro atoms. The summed E-state index contributed by atoms with van der Waals surface area (Å²) in [5, 5.41) is 2.81. The van der Waals surface area contributed by atoms with Gasteiger partial charge < -0.3 is 24.4 Å². The van der Waals surface area contributed by atoms with Gasteiger partial charge in [0.05, 0.1) is 19.9 Å². The molecule has 0 fully saturated rings. The summed E-state index contributed by atoms with van der Waals surface area (Å²) in [4.78, 5) is 26.4. The Bertz CT molecular complexity index is 830. The second kappa shape index (κ2) is 7.99. The summed E-state index contributed by atoms with van der Waals surface area (Å²) in [6.07, 6.45) is -0.269. The van der Waals surface area contributed by atoms with Gasteiger partial charge in [-0.15, -0.1) is 0 Å². The second-order valence-electron chi connectivity index (χ2n) is 6.12. The van der Waals surface area contributed by atoms with Crippen molar-refractivity contribution in [1.29, 1.82) is 0 Å². The van der Waals surface area contributed by atoms with E-state index in [1.807, 2.05) is 24.3 Å². The molecule has 0 aromatic heterocycles. The highest BCUT2D eigenvalue weighted by atomic mass is 16.5. The van der Waals surface area contributed by atoms with Gasteiger partial charge in [0.25, 0.3) is 11.8 Å². The Morgan fingerprint density at radius 1 is 1.15 bits per heavy atom. The third kappa shape index (κ3) is 3.97. The molecule has 3 rings (SSSR count). The standard InChI is InChI=1S/C20H22N2O5/c1-22-16-6-4-5-7-17(16)27-18(20(22)24)8-9-21-19(23)13-10-14(25-2)12-15(11-13)26-3/h4-7,10-12,18H,8-9H2,1-3H3,(H,21,23). The average molecular weight is 370 g/mol. The Balaban J connectivity index is 1.62. The van der Waals surface area contributed by atoms with Gasteiger partial charge in [-0.2, -0.15) is 0 Å². The predicted molar refractivity (Wildman–Crippen MR) is 101 cm³/mol. The Morgan fingerprint density at radius 3 is 2.48 bits per heavy atom. The molecule has 1 N–H and O–H groups in total. The fraction of sp³-hybridized carbons (Fsp3) is 0.300. The highest BCUT2D eigenvalue weighted by molar-refractivity contribution is 5.99. The molecule has 1 aliphatic rings. The maximum Gasteiger partial charge on any atom is 0.267 e. The van der Waals surface area contributed by atoms with E-state index in [9.17, 15) is 9.59 Å². The number of anilines is 1. The first-order valence-electron chi connectivity index (χ1n) is 8.58. The maximum atomic E-state index is 12.5. The van der Waals surface area contributed by atoms with Gasteiger partial charge in [-0.05, 0) is 24.3 Å². The molecule has 27 heavy (non-hydrogen) atoms. The molecule has 0 aliphatic carbocycles. The molecule has 0 bridgehead atoms. The summed E-state index contributed by atoms with van der Waals surface area (Å²) in [5.74, 6) is 1.32. The minimum atomic E-state index is -0.634. The van der Waals surface area contributed by atoms with Gasteiger partial charge in [0.15, 0.2) is 6.10 Å². The van der Waals surface area contributed by atoms with Gasteiger partial charge in [0, 0.05) is 31.6 Å². The number of carbonyl (C=O) groups is 2. The number of hydrogen-bond donors (Lipinski definition) is 1. The minimum Gasteiger partial charge on any atom is -0.497 e. The van der Waals surface area contributed by atoms with Crippen LogP contribution in [0, 0.1) is 0 Å². The van der Waals surface area contributed by atoms with Gasteiger partial charge in [-0.25, -0.2) is 0 Å². The molecule has 1 aliphatic heterocycles. The highest BCUT2D eigenvalue weighted by Crippen LogP contribution is 2.33. The van der Waals surface area contributed by atoms with E-state index in [0.29, 0.717) is 35.8 Å². The van der Waals surface area contributed by atoms with Crippen molar-refractivity contribution in [2.24, 2.45) is 0 Å². The first-order chi connectivity index (χ1) is 13.0. The lowest BCUT2D eigenvalue weighted by atomic mass is 10.1. The summed E-state index contributed by atoms with van der Waals surface area (Å²) in [6, 6.07) is 12.3. The van der Waals surface area contributed by atoms with Crippen molar-refractivity contribution in [3.63, 3.8) is 0 Å². The Kier molecular flexibility index (Phi) is 5.49. The van der Waals surface area contributed by atoms with Crippen molar-refractivity contribution >= 4 is 17.5 Å². The Hall–Kier alpha value is -3.22. The van der Waals surface area contributed by atoms with E-state index in [1.54, 1.807) is 30.1 Å². The number of amides is 2. The molecule has 7 heteroatoms. The normalized spacial score (nSPS) is 15.6.